The second-order valence-corrected chi connectivity index (χ2v) is 5.19. The summed E-state index contributed by atoms with van der Waals surface area (Å²) in [6, 6.07) is 9.56. The summed E-state index contributed by atoms with van der Waals surface area (Å²) in [4.78, 5) is 0. The van der Waals surface area contributed by atoms with Gasteiger partial charge in [-0.3, -0.25) is 0 Å². The number of ether oxygens (including phenoxy) is 1. The number of rotatable bonds is 3. The molecule has 2 aromatic rings. The van der Waals surface area contributed by atoms with Crippen molar-refractivity contribution in [3.05, 3.63) is 30.3 Å². The predicted octanol–water partition coefficient (Wildman–Crippen LogP) is 2.23. The van der Waals surface area contributed by atoms with E-state index in [0.717, 1.165) is 36.3 Å². The van der Waals surface area contributed by atoms with E-state index in [4.69, 9.17) is 10.5 Å². The van der Waals surface area contributed by atoms with Crippen LogP contribution >= 0.6 is 0 Å². The van der Waals surface area contributed by atoms with Crippen molar-refractivity contribution in [2.45, 2.75) is 31.4 Å². The Morgan fingerprint density at radius 3 is 2.65 bits per heavy atom. The molecular formula is C15H19N3O2. The maximum atomic E-state index is 9.98. The van der Waals surface area contributed by atoms with Crippen LogP contribution in [0.1, 0.15) is 25.3 Å². The van der Waals surface area contributed by atoms with Crippen molar-refractivity contribution in [2.24, 2.45) is 0 Å². The maximum Gasteiger partial charge on any atom is 0.122 e. The summed E-state index contributed by atoms with van der Waals surface area (Å²) in [5, 5.41) is 14.5. The largest absolute Gasteiger partial charge is 0.497 e. The third-order valence-corrected chi connectivity index (χ3v) is 3.91. The fraction of sp³-hybridized carbons (Fsp3) is 0.400. The minimum Gasteiger partial charge on any atom is -0.497 e. The highest BCUT2D eigenvalue weighted by Gasteiger charge is 2.29. The summed E-state index contributed by atoms with van der Waals surface area (Å²) in [7, 11) is 1.64. The Kier molecular flexibility index (Phi) is 3.36. The number of hydrogen-bond acceptors (Lipinski definition) is 4. The van der Waals surface area contributed by atoms with E-state index in [1.54, 1.807) is 11.8 Å². The average molecular weight is 273 g/mol. The Bertz CT molecular complexity index is 592. The molecule has 1 fully saturated rings. The molecule has 1 heterocycles. The van der Waals surface area contributed by atoms with Crippen LogP contribution in [-0.4, -0.2) is 28.1 Å². The molecule has 20 heavy (non-hydrogen) atoms. The number of aliphatic hydroxyl groups is 1. The average Bonchev–Trinajstić information content (AvgIpc) is 3.05. The molecule has 1 saturated carbocycles. The van der Waals surface area contributed by atoms with E-state index in [1.165, 1.54) is 0 Å². The van der Waals surface area contributed by atoms with E-state index in [0.29, 0.717) is 5.82 Å². The van der Waals surface area contributed by atoms with Gasteiger partial charge in [0.2, 0.25) is 0 Å². The minimum atomic E-state index is -0.346. The molecule has 0 aliphatic heterocycles. The van der Waals surface area contributed by atoms with Gasteiger partial charge in [0.15, 0.2) is 0 Å². The van der Waals surface area contributed by atoms with Crippen molar-refractivity contribution >= 4 is 5.82 Å². The number of aromatic nitrogens is 2. The Balaban J connectivity index is 1.91. The first-order valence-electron chi connectivity index (χ1n) is 6.86. The summed E-state index contributed by atoms with van der Waals surface area (Å²) in [6.07, 6.45) is 2.42. The van der Waals surface area contributed by atoms with Gasteiger partial charge in [-0.2, -0.15) is 5.10 Å². The zero-order valence-electron chi connectivity index (χ0n) is 11.5. The zero-order valence-corrected chi connectivity index (χ0v) is 11.5. The first kappa shape index (κ1) is 13.0. The molecule has 0 bridgehead atoms. The number of methoxy groups -OCH3 is 1. The summed E-state index contributed by atoms with van der Waals surface area (Å²) < 4.78 is 6.91. The van der Waals surface area contributed by atoms with Crippen LogP contribution in [0.15, 0.2) is 30.3 Å². The third kappa shape index (κ3) is 2.25. The number of benzene rings is 1. The standard InChI is InChI=1S/C15H19N3O2/c1-20-11-7-5-10(6-8-11)12-9-15(16)18(17-12)13-3-2-4-14(13)19/h5-9,13-14,19H,2-4,16H2,1H3. The second-order valence-electron chi connectivity index (χ2n) is 5.19. The van der Waals surface area contributed by atoms with Crippen molar-refractivity contribution in [3.8, 4) is 17.0 Å². The van der Waals surface area contributed by atoms with Crippen LogP contribution in [0.2, 0.25) is 0 Å². The number of nitrogens with zero attached hydrogens (tertiary/aromatic N) is 2. The Morgan fingerprint density at radius 1 is 1.30 bits per heavy atom. The molecule has 106 valence electrons. The van der Waals surface area contributed by atoms with Crippen molar-refractivity contribution in [1.82, 2.24) is 9.78 Å². The summed E-state index contributed by atoms with van der Waals surface area (Å²) in [6.45, 7) is 0. The fourth-order valence-corrected chi connectivity index (χ4v) is 2.78. The van der Waals surface area contributed by atoms with E-state index in [2.05, 4.69) is 5.10 Å². The number of anilines is 1. The molecule has 1 aromatic carbocycles. The lowest BCUT2D eigenvalue weighted by atomic mass is 10.1. The molecule has 5 heteroatoms. The molecule has 1 aliphatic carbocycles. The van der Waals surface area contributed by atoms with E-state index in [9.17, 15) is 5.11 Å². The van der Waals surface area contributed by atoms with E-state index in [-0.39, 0.29) is 12.1 Å². The molecule has 1 aliphatic rings. The minimum absolute atomic E-state index is 0.00185. The van der Waals surface area contributed by atoms with Gasteiger partial charge in [0.1, 0.15) is 11.6 Å². The van der Waals surface area contributed by atoms with Gasteiger partial charge in [-0.25, -0.2) is 4.68 Å². The van der Waals surface area contributed by atoms with Crippen LogP contribution in [-0.2, 0) is 0 Å². The number of nitrogen functional groups attached to an aromatic ring is 1. The van der Waals surface area contributed by atoms with Gasteiger partial charge in [-0.05, 0) is 43.5 Å². The van der Waals surface area contributed by atoms with Crippen LogP contribution in [0.5, 0.6) is 5.75 Å². The van der Waals surface area contributed by atoms with Crippen LogP contribution in [0.4, 0.5) is 5.82 Å². The molecule has 0 radical (unpaired) electrons. The second kappa shape index (κ2) is 5.17. The summed E-state index contributed by atoms with van der Waals surface area (Å²) in [5.74, 6) is 1.41. The quantitative estimate of drug-likeness (QED) is 0.899. The van der Waals surface area contributed by atoms with Crippen molar-refractivity contribution in [3.63, 3.8) is 0 Å². The first-order valence-corrected chi connectivity index (χ1v) is 6.86. The number of nitrogens with two attached hydrogens (primary N) is 1. The van der Waals surface area contributed by atoms with Gasteiger partial charge in [0.05, 0.1) is 24.9 Å². The summed E-state index contributed by atoms with van der Waals surface area (Å²) >= 11 is 0. The van der Waals surface area contributed by atoms with Gasteiger partial charge in [0, 0.05) is 11.6 Å². The smallest absolute Gasteiger partial charge is 0.122 e. The van der Waals surface area contributed by atoms with Crippen LogP contribution < -0.4 is 10.5 Å². The maximum absolute atomic E-state index is 9.98. The molecule has 0 saturated heterocycles. The predicted molar refractivity (Wildman–Crippen MR) is 77.5 cm³/mol. The lowest BCUT2D eigenvalue weighted by molar-refractivity contribution is 0.131. The molecule has 3 N–H and O–H groups in total. The van der Waals surface area contributed by atoms with Gasteiger partial charge >= 0.3 is 0 Å². The van der Waals surface area contributed by atoms with Gasteiger partial charge in [-0.1, -0.05) is 0 Å². The fourth-order valence-electron chi connectivity index (χ4n) is 2.78. The van der Waals surface area contributed by atoms with E-state index < -0.39 is 0 Å². The molecule has 5 nitrogen and oxygen atoms in total. The van der Waals surface area contributed by atoms with Gasteiger partial charge < -0.3 is 15.6 Å². The molecule has 2 atom stereocenters. The molecule has 0 spiro atoms. The highest BCUT2D eigenvalue weighted by Crippen LogP contribution is 2.33. The van der Waals surface area contributed by atoms with Crippen molar-refractivity contribution in [1.29, 1.82) is 0 Å². The van der Waals surface area contributed by atoms with Gasteiger partial charge in [-0.15, -0.1) is 0 Å². The Hall–Kier alpha value is -2.01. The lowest BCUT2D eigenvalue weighted by Crippen LogP contribution is -2.20. The van der Waals surface area contributed by atoms with Crippen LogP contribution in [0.3, 0.4) is 0 Å². The highest BCUT2D eigenvalue weighted by atomic mass is 16.5. The monoisotopic (exact) mass is 273 g/mol. The van der Waals surface area contributed by atoms with E-state index >= 15 is 0 Å². The van der Waals surface area contributed by atoms with Crippen molar-refractivity contribution < 1.29 is 9.84 Å². The SMILES string of the molecule is COc1ccc(-c2cc(N)n(C3CCCC3O)n2)cc1. The van der Waals surface area contributed by atoms with Gasteiger partial charge in [0.25, 0.3) is 0 Å². The molecule has 1 aromatic heterocycles. The molecule has 2 unspecified atom stereocenters. The van der Waals surface area contributed by atoms with Crippen molar-refractivity contribution in [2.75, 3.05) is 12.8 Å². The third-order valence-electron chi connectivity index (χ3n) is 3.91. The number of hydrogen-bond donors (Lipinski definition) is 2. The zero-order chi connectivity index (χ0) is 14.1. The molecule has 3 rings (SSSR count). The summed E-state index contributed by atoms with van der Waals surface area (Å²) in [5.41, 5.74) is 7.85. The molecule has 0 amide bonds. The molecular weight excluding hydrogens is 254 g/mol. The number of aliphatic hydroxyl groups excluding tert-OH is 1. The lowest BCUT2D eigenvalue weighted by Gasteiger charge is -2.16. The van der Waals surface area contributed by atoms with Crippen LogP contribution in [0, 0.1) is 0 Å². The van der Waals surface area contributed by atoms with Crippen LogP contribution in [0.25, 0.3) is 11.3 Å². The Morgan fingerprint density at radius 2 is 2.05 bits per heavy atom. The Labute approximate surface area is 118 Å². The van der Waals surface area contributed by atoms with E-state index in [1.807, 2.05) is 30.3 Å². The topological polar surface area (TPSA) is 73.3 Å². The highest BCUT2D eigenvalue weighted by molar-refractivity contribution is 5.63. The normalized spacial score (nSPS) is 22.1. The first-order chi connectivity index (χ1) is 9.69.